The summed E-state index contributed by atoms with van der Waals surface area (Å²) in [6, 6.07) is 6.99. The third kappa shape index (κ3) is 5.08. The Bertz CT molecular complexity index is 888. The van der Waals surface area contributed by atoms with Crippen molar-refractivity contribution in [3.63, 3.8) is 0 Å². The van der Waals surface area contributed by atoms with Crippen molar-refractivity contribution >= 4 is 17.8 Å². The number of nitrogens with two attached hydrogens (primary N) is 1. The summed E-state index contributed by atoms with van der Waals surface area (Å²) in [6.45, 7) is 3.58. The van der Waals surface area contributed by atoms with Crippen LogP contribution in [-0.2, 0) is 4.79 Å². The molecule has 2 aromatic rings. The van der Waals surface area contributed by atoms with Crippen LogP contribution in [0.3, 0.4) is 0 Å². The molecule has 0 aliphatic heterocycles. The van der Waals surface area contributed by atoms with Crippen LogP contribution in [0.1, 0.15) is 29.8 Å². The van der Waals surface area contributed by atoms with Crippen molar-refractivity contribution in [3.05, 3.63) is 53.6 Å². The Morgan fingerprint density at radius 2 is 1.74 bits per heavy atom. The average Bonchev–Trinajstić information content (AvgIpc) is 2.61. The molecule has 0 amide bonds. The lowest BCUT2D eigenvalue weighted by Crippen LogP contribution is -2.38. The minimum atomic E-state index is -0.778. The topological polar surface area (TPSA) is 130 Å². The number of phenolic OH excluding ortho intramolecular Hbond substituents is 3. The van der Waals surface area contributed by atoms with Crippen LogP contribution in [0.25, 0.3) is 6.08 Å². The van der Waals surface area contributed by atoms with E-state index in [0.29, 0.717) is 5.56 Å². The van der Waals surface area contributed by atoms with Gasteiger partial charge in [0.05, 0.1) is 5.56 Å². The highest BCUT2D eigenvalue weighted by atomic mass is 16.5. The van der Waals surface area contributed by atoms with Crippen LogP contribution in [0, 0.1) is 5.92 Å². The Morgan fingerprint density at radius 1 is 1.04 bits per heavy atom. The first-order valence-corrected chi connectivity index (χ1v) is 8.23. The molecule has 0 bridgehead atoms. The molecule has 5 N–H and O–H groups in total. The number of benzene rings is 2. The molecule has 0 aliphatic carbocycles. The number of ether oxygens (including phenoxy) is 1. The highest BCUT2D eigenvalue weighted by Crippen LogP contribution is 2.27. The van der Waals surface area contributed by atoms with Gasteiger partial charge in [0.25, 0.3) is 0 Å². The molecule has 1 atom stereocenters. The first kappa shape index (κ1) is 20.0. The standard InChI is InChI=1S/C20H21NO6/c1-11(2)19(21)20(26)27-14-6-3-12(18(25)10-14)4-7-16(23)15-9-13(22)5-8-17(15)24/h3-11,19,22,24-25H,21H2,1-2H3/b7-4+/t19-/m0/s1. The summed E-state index contributed by atoms with van der Waals surface area (Å²) in [5, 5.41) is 29.2. The predicted octanol–water partition coefficient (Wildman–Crippen LogP) is 2.59. The summed E-state index contributed by atoms with van der Waals surface area (Å²) < 4.78 is 5.12. The number of carbonyl (C=O) groups is 2. The maximum atomic E-state index is 12.1. The van der Waals surface area contributed by atoms with Gasteiger partial charge in [0.2, 0.25) is 0 Å². The van der Waals surface area contributed by atoms with Gasteiger partial charge >= 0.3 is 5.97 Å². The molecule has 7 nitrogen and oxygen atoms in total. The fraction of sp³-hybridized carbons (Fsp3) is 0.200. The number of hydrogen-bond acceptors (Lipinski definition) is 7. The summed E-state index contributed by atoms with van der Waals surface area (Å²) >= 11 is 0. The van der Waals surface area contributed by atoms with E-state index < -0.39 is 17.8 Å². The Balaban J connectivity index is 2.14. The molecule has 7 heteroatoms. The zero-order valence-electron chi connectivity index (χ0n) is 14.9. The predicted molar refractivity (Wildman–Crippen MR) is 99.7 cm³/mol. The van der Waals surface area contributed by atoms with Crippen molar-refractivity contribution in [2.75, 3.05) is 0 Å². The van der Waals surface area contributed by atoms with E-state index in [1.54, 1.807) is 13.8 Å². The minimum absolute atomic E-state index is 0.0704. The molecule has 2 rings (SSSR count). The maximum absolute atomic E-state index is 12.1. The minimum Gasteiger partial charge on any atom is -0.508 e. The zero-order valence-corrected chi connectivity index (χ0v) is 14.9. The quantitative estimate of drug-likeness (QED) is 0.202. The first-order valence-electron chi connectivity index (χ1n) is 8.23. The van der Waals surface area contributed by atoms with Crippen LogP contribution in [0.5, 0.6) is 23.0 Å². The van der Waals surface area contributed by atoms with E-state index in [1.807, 2.05) is 0 Å². The number of allylic oxidation sites excluding steroid dienone is 1. The molecule has 0 heterocycles. The second kappa shape index (κ2) is 8.37. The normalized spacial score (nSPS) is 12.3. The van der Waals surface area contributed by atoms with Crippen molar-refractivity contribution in [1.29, 1.82) is 0 Å². The van der Waals surface area contributed by atoms with E-state index in [9.17, 15) is 24.9 Å². The van der Waals surface area contributed by atoms with E-state index in [4.69, 9.17) is 10.5 Å². The lowest BCUT2D eigenvalue weighted by atomic mass is 10.1. The van der Waals surface area contributed by atoms with Crippen LogP contribution in [0.4, 0.5) is 0 Å². The maximum Gasteiger partial charge on any atom is 0.328 e. The molecule has 27 heavy (non-hydrogen) atoms. The molecule has 0 aromatic heterocycles. The van der Waals surface area contributed by atoms with E-state index in [1.165, 1.54) is 36.4 Å². The third-order valence-electron chi connectivity index (χ3n) is 3.87. The summed E-state index contributed by atoms with van der Waals surface area (Å²) in [7, 11) is 0. The van der Waals surface area contributed by atoms with Crippen LogP contribution < -0.4 is 10.5 Å². The molecule has 0 fully saturated rings. The molecule has 0 aliphatic rings. The number of ketones is 1. The molecular formula is C20H21NO6. The van der Waals surface area contributed by atoms with Crippen molar-refractivity contribution < 1.29 is 29.6 Å². The number of aromatic hydroxyl groups is 3. The lowest BCUT2D eigenvalue weighted by molar-refractivity contribution is -0.136. The smallest absolute Gasteiger partial charge is 0.328 e. The summed E-state index contributed by atoms with van der Waals surface area (Å²) in [4.78, 5) is 24.0. The SMILES string of the molecule is CC(C)[C@H](N)C(=O)Oc1ccc(/C=C/C(=O)c2cc(O)ccc2O)c(O)c1. The van der Waals surface area contributed by atoms with Crippen molar-refractivity contribution in [1.82, 2.24) is 0 Å². The number of phenols is 3. The monoisotopic (exact) mass is 371 g/mol. The number of hydrogen-bond donors (Lipinski definition) is 4. The second-order valence-corrected chi connectivity index (χ2v) is 6.31. The van der Waals surface area contributed by atoms with Gasteiger partial charge in [-0.2, -0.15) is 0 Å². The summed E-state index contributed by atoms with van der Waals surface area (Å²) in [5.74, 6) is -1.75. The second-order valence-electron chi connectivity index (χ2n) is 6.31. The van der Waals surface area contributed by atoms with Crippen LogP contribution >= 0.6 is 0 Å². The van der Waals surface area contributed by atoms with E-state index in [2.05, 4.69) is 0 Å². The molecule has 0 unspecified atom stereocenters. The van der Waals surface area contributed by atoms with Crippen LogP contribution in [0.2, 0.25) is 0 Å². The Morgan fingerprint density at radius 3 is 2.37 bits per heavy atom. The largest absolute Gasteiger partial charge is 0.508 e. The zero-order chi connectivity index (χ0) is 20.1. The lowest BCUT2D eigenvalue weighted by Gasteiger charge is -2.14. The Kier molecular flexibility index (Phi) is 6.20. The van der Waals surface area contributed by atoms with Gasteiger partial charge in [-0.3, -0.25) is 4.79 Å². The van der Waals surface area contributed by atoms with Crippen molar-refractivity contribution in [3.8, 4) is 23.0 Å². The molecule has 2 aromatic carbocycles. The van der Waals surface area contributed by atoms with Gasteiger partial charge in [-0.05, 0) is 48.4 Å². The fourth-order valence-electron chi connectivity index (χ4n) is 2.16. The molecule has 0 saturated heterocycles. The molecular weight excluding hydrogens is 350 g/mol. The molecule has 0 spiro atoms. The van der Waals surface area contributed by atoms with E-state index in [0.717, 1.165) is 12.1 Å². The highest BCUT2D eigenvalue weighted by molar-refractivity contribution is 6.08. The average molecular weight is 371 g/mol. The number of carbonyl (C=O) groups excluding carboxylic acids is 2. The van der Waals surface area contributed by atoms with Crippen LogP contribution in [-0.4, -0.2) is 33.1 Å². The van der Waals surface area contributed by atoms with Crippen molar-refractivity contribution in [2.24, 2.45) is 11.7 Å². The Hall–Kier alpha value is -3.32. The summed E-state index contributed by atoms with van der Waals surface area (Å²) in [6.07, 6.45) is 2.48. The first-order chi connectivity index (χ1) is 12.7. The van der Waals surface area contributed by atoms with Gasteiger partial charge in [-0.25, -0.2) is 4.79 Å². The van der Waals surface area contributed by atoms with Gasteiger partial charge in [-0.15, -0.1) is 0 Å². The van der Waals surface area contributed by atoms with Crippen molar-refractivity contribution in [2.45, 2.75) is 19.9 Å². The molecule has 0 radical (unpaired) electrons. The highest BCUT2D eigenvalue weighted by Gasteiger charge is 2.19. The van der Waals surface area contributed by atoms with Gasteiger partial charge < -0.3 is 25.8 Å². The Labute approximate surface area is 156 Å². The van der Waals surface area contributed by atoms with Gasteiger partial charge in [0, 0.05) is 11.6 Å². The number of rotatable bonds is 6. The summed E-state index contributed by atoms with van der Waals surface area (Å²) in [5.41, 5.74) is 5.94. The van der Waals surface area contributed by atoms with Gasteiger partial charge in [0.15, 0.2) is 5.78 Å². The fourth-order valence-corrected chi connectivity index (χ4v) is 2.16. The van der Waals surface area contributed by atoms with Gasteiger partial charge in [0.1, 0.15) is 29.0 Å². The van der Waals surface area contributed by atoms with E-state index in [-0.39, 0.29) is 34.5 Å². The third-order valence-corrected chi connectivity index (χ3v) is 3.87. The van der Waals surface area contributed by atoms with Gasteiger partial charge in [-0.1, -0.05) is 13.8 Å². The number of esters is 1. The molecule has 142 valence electrons. The molecule has 0 saturated carbocycles. The van der Waals surface area contributed by atoms with E-state index >= 15 is 0 Å². The van der Waals surface area contributed by atoms with Crippen LogP contribution in [0.15, 0.2) is 42.5 Å².